The minimum Gasteiger partial charge on any atom is -0.490 e. The maximum Gasteiger partial charge on any atom is 0.271 e. The Balaban J connectivity index is 2.14. The SMILES string of the molecule is CCCOc1c(I)cc(/C=N/NC(=O)c2ccccc2C)cc1OCC. The van der Waals surface area contributed by atoms with Crippen molar-refractivity contribution in [1.82, 2.24) is 5.43 Å². The van der Waals surface area contributed by atoms with Crippen molar-refractivity contribution in [2.45, 2.75) is 27.2 Å². The molecule has 0 saturated heterocycles. The van der Waals surface area contributed by atoms with Crippen LogP contribution in [0.3, 0.4) is 0 Å². The number of benzene rings is 2. The Morgan fingerprint density at radius 2 is 2.00 bits per heavy atom. The molecule has 0 unspecified atom stereocenters. The lowest BCUT2D eigenvalue weighted by Gasteiger charge is -2.14. The molecule has 1 N–H and O–H groups in total. The van der Waals surface area contributed by atoms with Crippen LogP contribution in [0.5, 0.6) is 11.5 Å². The average Bonchev–Trinajstić information content (AvgIpc) is 2.61. The molecular weight excluding hydrogens is 443 g/mol. The molecule has 0 aromatic heterocycles. The van der Waals surface area contributed by atoms with Gasteiger partial charge in [-0.3, -0.25) is 4.79 Å². The first-order valence-corrected chi connectivity index (χ1v) is 9.62. The number of aryl methyl sites for hydroxylation is 1. The van der Waals surface area contributed by atoms with Gasteiger partial charge in [0.2, 0.25) is 0 Å². The van der Waals surface area contributed by atoms with Gasteiger partial charge in [-0.2, -0.15) is 5.10 Å². The van der Waals surface area contributed by atoms with E-state index in [0.717, 1.165) is 26.9 Å². The molecule has 0 heterocycles. The number of hydrazone groups is 1. The predicted octanol–water partition coefficient (Wildman–Crippen LogP) is 4.55. The molecule has 0 bridgehead atoms. The number of halogens is 1. The Kier molecular flexibility index (Phi) is 7.90. The van der Waals surface area contributed by atoms with Crippen LogP contribution in [0.25, 0.3) is 0 Å². The van der Waals surface area contributed by atoms with E-state index in [1.165, 1.54) is 0 Å². The van der Waals surface area contributed by atoms with Crippen molar-refractivity contribution in [3.8, 4) is 11.5 Å². The number of ether oxygens (including phenoxy) is 2. The summed E-state index contributed by atoms with van der Waals surface area (Å²) in [7, 11) is 0. The molecule has 0 aliphatic heterocycles. The fourth-order valence-electron chi connectivity index (χ4n) is 2.32. The zero-order valence-corrected chi connectivity index (χ0v) is 17.4. The van der Waals surface area contributed by atoms with Crippen molar-refractivity contribution in [3.63, 3.8) is 0 Å². The van der Waals surface area contributed by atoms with Gasteiger partial charge >= 0.3 is 0 Å². The van der Waals surface area contributed by atoms with Gasteiger partial charge in [0.15, 0.2) is 11.5 Å². The molecule has 0 radical (unpaired) electrons. The highest BCUT2D eigenvalue weighted by Gasteiger charge is 2.12. The average molecular weight is 466 g/mol. The molecule has 26 heavy (non-hydrogen) atoms. The third-order valence-corrected chi connectivity index (χ3v) is 4.35. The quantitative estimate of drug-likeness (QED) is 0.353. The van der Waals surface area contributed by atoms with E-state index in [1.54, 1.807) is 12.3 Å². The zero-order valence-electron chi connectivity index (χ0n) is 15.2. The molecule has 0 saturated carbocycles. The second-order valence-electron chi connectivity index (χ2n) is 5.63. The Morgan fingerprint density at radius 1 is 1.23 bits per heavy atom. The molecule has 2 rings (SSSR count). The van der Waals surface area contributed by atoms with Crippen molar-refractivity contribution < 1.29 is 14.3 Å². The first-order chi connectivity index (χ1) is 12.6. The summed E-state index contributed by atoms with van der Waals surface area (Å²) in [6.07, 6.45) is 2.53. The van der Waals surface area contributed by atoms with E-state index in [9.17, 15) is 4.79 Å². The molecule has 0 atom stereocenters. The molecule has 0 fully saturated rings. The van der Waals surface area contributed by atoms with E-state index in [1.807, 2.05) is 44.2 Å². The molecule has 0 aliphatic rings. The van der Waals surface area contributed by atoms with Gasteiger partial charge in [0, 0.05) is 5.56 Å². The summed E-state index contributed by atoms with van der Waals surface area (Å²) in [5.41, 5.74) is 4.91. The lowest BCUT2D eigenvalue weighted by molar-refractivity contribution is 0.0954. The fraction of sp³-hybridized carbons (Fsp3) is 0.300. The third kappa shape index (κ3) is 5.45. The van der Waals surface area contributed by atoms with Crippen LogP contribution < -0.4 is 14.9 Å². The summed E-state index contributed by atoms with van der Waals surface area (Å²) in [6.45, 7) is 7.06. The molecule has 1 amide bonds. The topological polar surface area (TPSA) is 59.9 Å². The molecule has 138 valence electrons. The summed E-state index contributed by atoms with van der Waals surface area (Å²) in [4.78, 5) is 12.2. The summed E-state index contributed by atoms with van der Waals surface area (Å²) >= 11 is 2.22. The number of carbonyl (C=O) groups is 1. The first kappa shape index (κ1) is 20.2. The molecule has 0 spiro atoms. The van der Waals surface area contributed by atoms with E-state index in [0.29, 0.717) is 24.5 Å². The van der Waals surface area contributed by atoms with Gasteiger partial charge in [0.25, 0.3) is 5.91 Å². The predicted molar refractivity (Wildman–Crippen MR) is 112 cm³/mol. The second-order valence-corrected chi connectivity index (χ2v) is 6.79. The highest BCUT2D eigenvalue weighted by molar-refractivity contribution is 14.1. The van der Waals surface area contributed by atoms with Gasteiger partial charge in [-0.1, -0.05) is 25.1 Å². The van der Waals surface area contributed by atoms with E-state index in [4.69, 9.17) is 9.47 Å². The van der Waals surface area contributed by atoms with Gasteiger partial charge in [-0.25, -0.2) is 5.43 Å². The van der Waals surface area contributed by atoms with Crippen LogP contribution in [-0.4, -0.2) is 25.3 Å². The maximum absolute atomic E-state index is 12.2. The molecule has 5 nitrogen and oxygen atoms in total. The zero-order chi connectivity index (χ0) is 18.9. The van der Waals surface area contributed by atoms with Crippen LogP contribution in [0.1, 0.15) is 41.8 Å². The fourth-order valence-corrected chi connectivity index (χ4v) is 3.10. The summed E-state index contributed by atoms with van der Waals surface area (Å²) in [6, 6.07) is 11.2. The van der Waals surface area contributed by atoms with E-state index in [-0.39, 0.29) is 5.91 Å². The highest BCUT2D eigenvalue weighted by Crippen LogP contribution is 2.34. The molecular formula is C20H23IN2O3. The van der Waals surface area contributed by atoms with Crippen molar-refractivity contribution >= 4 is 34.7 Å². The third-order valence-electron chi connectivity index (χ3n) is 3.55. The second kappa shape index (κ2) is 10.2. The summed E-state index contributed by atoms with van der Waals surface area (Å²) in [5, 5.41) is 4.07. The van der Waals surface area contributed by atoms with Crippen LogP contribution in [0.4, 0.5) is 0 Å². The standard InChI is InChI=1S/C20H23IN2O3/c1-4-10-26-19-17(21)11-15(12-18(19)25-5-2)13-22-23-20(24)16-9-7-6-8-14(16)3/h6-9,11-13H,4-5,10H2,1-3H3,(H,23,24)/b22-13+. The lowest BCUT2D eigenvalue weighted by Crippen LogP contribution is -2.18. The molecule has 6 heteroatoms. The van der Waals surface area contributed by atoms with Crippen LogP contribution in [0.15, 0.2) is 41.5 Å². The number of nitrogens with zero attached hydrogens (tertiary/aromatic N) is 1. The maximum atomic E-state index is 12.2. The van der Waals surface area contributed by atoms with Crippen LogP contribution in [-0.2, 0) is 0 Å². The van der Waals surface area contributed by atoms with Gasteiger partial charge in [-0.05, 0) is 72.2 Å². The Labute approximate surface area is 167 Å². The highest BCUT2D eigenvalue weighted by atomic mass is 127. The van der Waals surface area contributed by atoms with Crippen LogP contribution in [0, 0.1) is 10.5 Å². The van der Waals surface area contributed by atoms with Crippen molar-refractivity contribution in [3.05, 3.63) is 56.7 Å². The minimum atomic E-state index is -0.234. The van der Waals surface area contributed by atoms with Crippen molar-refractivity contribution in [1.29, 1.82) is 0 Å². The lowest BCUT2D eigenvalue weighted by atomic mass is 10.1. The van der Waals surface area contributed by atoms with E-state index < -0.39 is 0 Å². The van der Waals surface area contributed by atoms with E-state index in [2.05, 4.69) is 40.0 Å². The van der Waals surface area contributed by atoms with Gasteiger partial charge in [-0.15, -0.1) is 0 Å². The smallest absolute Gasteiger partial charge is 0.271 e. The van der Waals surface area contributed by atoms with Gasteiger partial charge < -0.3 is 9.47 Å². The Morgan fingerprint density at radius 3 is 2.69 bits per heavy atom. The number of hydrogen-bond acceptors (Lipinski definition) is 4. The normalized spacial score (nSPS) is 10.8. The minimum absolute atomic E-state index is 0.234. The Bertz CT molecular complexity index is 791. The number of carbonyl (C=O) groups excluding carboxylic acids is 1. The Hall–Kier alpha value is -2.09. The monoisotopic (exact) mass is 466 g/mol. The van der Waals surface area contributed by atoms with Crippen molar-refractivity contribution in [2.24, 2.45) is 5.10 Å². The first-order valence-electron chi connectivity index (χ1n) is 8.55. The van der Waals surface area contributed by atoms with Gasteiger partial charge in [0.05, 0.1) is 23.0 Å². The number of nitrogens with one attached hydrogen (secondary N) is 1. The summed E-state index contributed by atoms with van der Waals surface area (Å²) in [5.74, 6) is 1.19. The molecule has 0 aliphatic carbocycles. The summed E-state index contributed by atoms with van der Waals surface area (Å²) < 4.78 is 12.4. The number of hydrogen-bond donors (Lipinski definition) is 1. The molecule has 2 aromatic carbocycles. The van der Waals surface area contributed by atoms with E-state index >= 15 is 0 Å². The van der Waals surface area contributed by atoms with Crippen LogP contribution in [0.2, 0.25) is 0 Å². The van der Waals surface area contributed by atoms with Gasteiger partial charge in [0.1, 0.15) is 0 Å². The van der Waals surface area contributed by atoms with Crippen molar-refractivity contribution in [2.75, 3.05) is 13.2 Å². The van der Waals surface area contributed by atoms with Crippen LogP contribution >= 0.6 is 22.6 Å². The number of amides is 1. The molecule has 2 aromatic rings. The largest absolute Gasteiger partial charge is 0.490 e. The number of rotatable bonds is 8.